The third kappa shape index (κ3) is 5.14. The summed E-state index contributed by atoms with van der Waals surface area (Å²) in [5.41, 5.74) is 1.41. The quantitative estimate of drug-likeness (QED) is 0.823. The first-order chi connectivity index (χ1) is 11.0. The molecule has 0 heterocycles. The number of rotatable bonds is 7. The first-order valence-corrected chi connectivity index (χ1v) is 7.42. The minimum atomic E-state index is -0.952. The largest absolute Gasteiger partial charge is 0.480 e. The summed E-state index contributed by atoms with van der Waals surface area (Å²) >= 11 is 0. The number of carboxylic acids is 1. The summed E-state index contributed by atoms with van der Waals surface area (Å²) in [5, 5.41) is 12.3. The molecule has 0 aliphatic carbocycles. The van der Waals surface area contributed by atoms with Gasteiger partial charge in [0, 0.05) is 12.6 Å². The SMILES string of the molecule is CC(CN[C@H](Cc1ccccc1)C(=O)O)c1cc(F)cc(F)c1. The molecule has 0 amide bonds. The fourth-order valence-corrected chi connectivity index (χ4v) is 2.39. The normalized spacial score (nSPS) is 13.5. The summed E-state index contributed by atoms with van der Waals surface area (Å²) in [4.78, 5) is 11.4. The average molecular weight is 319 g/mol. The smallest absolute Gasteiger partial charge is 0.321 e. The maximum atomic E-state index is 13.2. The fraction of sp³-hybridized carbons (Fsp3) is 0.278. The van der Waals surface area contributed by atoms with Gasteiger partial charge in [0.05, 0.1) is 0 Å². The molecule has 2 aromatic carbocycles. The molecule has 2 aromatic rings. The van der Waals surface area contributed by atoms with Crippen LogP contribution in [-0.2, 0) is 11.2 Å². The molecule has 0 fully saturated rings. The van der Waals surface area contributed by atoms with E-state index < -0.39 is 23.6 Å². The van der Waals surface area contributed by atoms with Crippen LogP contribution in [-0.4, -0.2) is 23.7 Å². The van der Waals surface area contributed by atoms with Crippen molar-refractivity contribution in [3.05, 3.63) is 71.3 Å². The van der Waals surface area contributed by atoms with Gasteiger partial charge in [0.2, 0.25) is 0 Å². The van der Waals surface area contributed by atoms with E-state index >= 15 is 0 Å². The molecule has 3 nitrogen and oxygen atoms in total. The number of aliphatic carboxylic acids is 1. The molecule has 0 aromatic heterocycles. The van der Waals surface area contributed by atoms with Crippen molar-refractivity contribution in [1.82, 2.24) is 5.32 Å². The van der Waals surface area contributed by atoms with Crippen molar-refractivity contribution in [2.75, 3.05) is 6.54 Å². The first kappa shape index (κ1) is 17.1. The molecule has 0 saturated carbocycles. The van der Waals surface area contributed by atoms with E-state index in [4.69, 9.17) is 0 Å². The highest BCUT2D eigenvalue weighted by Gasteiger charge is 2.19. The van der Waals surface area contributed by atoms with Crippen molar-refractivity contribution >= 4 is 5.97 Å². The Morgan fingerprint density at radius 1 is 1.13 bits per heavy atom. The number of hydrogen-bond acceptors (Lipinski definition) is 2. The van der Waals surface area contributed by atoms with Crippen LogP contribution < -0.4 is 5.32 Å². The van der Waals surface area contributed by atoms with Gasteiger partial charge >= 0.3 is 5.97 Å². The standard InChI is InChI=1S/C18H19F2NO2/c1-12(14-8-15(19)10-16(20)9-14)11-21-17(18(22)23)7-13-5-3-2-4-6-13/h2-6,8-10,12,17,21H,7,11H2,1H3,(H,22,23)/t12?,17-/m1/s1. The van der Waals surface area contributed by atoms with Crippen LogP contribution in [0.25, 0.3) is 0 Å². The lowest BCUT2D eigenvalue weighted by Crippen LogP contribution is -2.40. The Labute approximate surface area is 134 Å². The Morgan fingerprint density at radius 3 is 2.30 bits per heavy atom. The molecule has 23 heavy (non-hydrogen) atoms. The van der Waals surface area contributed by atoms with E-state index in [1.165, 1.54) is 12.1 Å². The lowest BCUT2D eigenvalue weighted by Gasteiger charge is -2.18. The Bertz CT molecular complexity index is 641. The highest BCUT2D eigenvalue weighted by molar-refractivity contribution is 5.73. The number of hydrogen-bond donors (Lipinski definition) is 2. The zero-order chi connectivity index (χ0) is 16.8. The van der Waals surface area contributed by atoms with E-state index in [-0.39, 0.29) is 5.92 Å². The molecule has 0 aliphatic rings. The minimum absolute atomic E-state index is 0.210. The van der Waals surface area contributed by atoms with E-state index in [9.17, 15) is 18.7 Å². The van der Waals surface area contributed by atoms with E-state index in [1.807, 2.05) is 30.3 Å². The van der Waals surface area contributed by atoms with Crippen molar-refractivity contribution < 1.29 is 18.7 Å². The van der Waals surface area contributed by atoms with Crippen molar-refractivity contribution in [3.8, 4) is 0 Å². The van der Waals surface area contributed by atoms with Crippen LogP contribution in [0.4, 0.5) is 8.78 Å². The van der Waals surface area contributed by atoms with Gasteiger partial charge < -0.3 is 10.4 Å². The maximum absolute atomic E-state index is 13.2. The third-order valence-electron chi connectivity index (χ3n) is 3.71. The molecule has 0 saturated heterocycles. The van der Waals surface area contributed by atoms with Gasteiger partial charge in [-0.3, -0.25) is 4.79 Å². The number of benzene rings is 2. The zero-order valence-electron chi connectivity index (χ0n) is 12.8. The molecular formula is C18H19F2NO2. The Kier molecular flexibility index (Phi) is 5.82. The van der Waals surface area contributed by atoms with Gasteiger partial charge in [0.1, 0.15) is 17.7 Å². The van der Waals surface area contributed by atoms with E-state index in [2.05, 4.69) is 5.32 Å². The van der Waals surface area contributed by atoms with Crippen molar-refractivity contribution in [2.24, 2.45) is 0 Å². The van der Waals surface area contributed by atoms with Gasteiger partial charge in [0.25, 0.3) is 0 Å². The summed E-state index contributed by atoms with van der Waals surface area (Å²) in [5.74, 6) is -2.43. The van der Waals surface area contributed by atoms with Gasteiger partial charge in [0.15, 0.2) is 0 Å². The van der Waals surface area contributed by atoms with Crippen LogP contribution >= 0.6 is 0 Å². The molecule has 1 unspecified atom stereocenters. The number of carbonyl (C=O) groups is 1. The minimum Gasteiger partial charge on any atom is -0.480 e. The first-order valence-electron chi connectivity index (χ1n) is 7.42. The van der Waals surface area contributed by atoms with E-state index in [1.54, 1.807) is 6.92 Å². The second-order valence-electron chi connectivity index (χ2n) is 5.59. The predicted octanol–water partition coefficient (Wildman–Crippen LogP) is 3.35. The van der Waals surface area contributed by atoms with Gasteiger partial charge in [-0.2, -0.15) is 0 Å². The van der Waals surface area contributed by atoms with Crippen molar-refractivity contribution in [1.29, 1.82) is 0 Å². The summed E-state index contributed by atoms with van der Waals surface area (Å²) in [6.07, 6.45) is 0.348. The van der Waals surface area contributed by atoms with Crippen molar-refractivity contribution in [2.45, 2.75) is 25.3 Å². The van der Waals surface area contributed by atoms with Crippen LogP contribution in [0.1, 0.15) is 24.0 Å². The van der Waals surface area contributed by atoms with Gasteiger partial charge in [-0.1, -0.05) is 37.3 Å². The number of nitrogens with one attached hydrogen (secondary N) is 1. The zero-order valence-corrected chi connectivity index (χ0v) is 12.8. The molecule has 0 radical (unpaired) electrons. The topological polar surface area (TPSA) is 49.3 Å². The lowest BCUT2D eigenvalue weighted by molar-refractivity contribution is -0.139. The summed E-state index contributed by atoms with van der Waals surface area (Å²) in [6.45, 7) is 2.11. The molecular weight excluding hydrogens is 300 g/mol. The Morgan fingerprint density at radius 2 is 1.74 bits per heavy atom. The van der Waals surface area contributed by atoms with Crippen LogP contribution in [0.15, 0.2) is 48.5 Å². The lowest BCUT2D eigenvalue weighted by atomic mass is 9.99. The van der Waals surface area contributed by atoms with Gasteiger partial charge in [-0.25, -0.2) is 8.78 Å². The molecule has 122 valence electrons. The average Bonchev–Trinajstić information content (AvgIpc) is 2.50. The summed E-state index contributed by atoms with van der Waals surface area (Å²) in [6, 6.07) is 11.9. The second-order valence-corrected chi connectivity index (χ2v) is 5.59. The molecule has 0 bridgehead atoms. The summed E-state index contributed by atoms with van der Waals surface area (Å²) < 4.78 is 26.5. The number of halogens is 2. The molecule has 2 rings (SSSR count). The number of carboxylic acid groups (broad SMARTS) is 1. The van der Waals surface area contributed by atoms with E-state index in [0.717, 1.165) is 11.6 Å². The third-order valence-corrected chi connectivity index (χ3v) is 3.71. The fourth-order valence-electron chi connectivity index (χ4n) is 2.39. The van der Waals surface area contributed by atoms with Gasteiger partial charge in [-0.05, 0) is 35.6 Å². The molecule has 0 spiro atoms. The van der Waals surface area contributed by atoms with E-state index in [0.29, 0.717) is 18.5 Å². The predicted molar refractivity (Wildman–Crippen MR) is 84.3 cm³/mol. The molecule has 2 N–H and O–H groups in total. The Balaban J connectivity index is 1.99. The van der Waals surface area contributed by atoms with Crippen LogP contribution in [0, 0.1) is 11.6 Å². The monoisotopic (exact) mass is 319 g/mol. The Hall–Kier alpha value is -2.27. The second kappa shape index (κ2) is 7.83. The maximum Gasteiger partial charge on any atom is 0.321 e. The van der Waals surface area contributed by atoms with Gasteiger partial charge in [-0.15, -0.1) is 0 Å². The van der Waals surface area contributed by atoms with Crippen LogP contribution in [0.2, 0.25) is 0 Å². The highest BCUT2D eigenvalue weighted by Crippen LogP contribution is 2.17. The van der Waals surface area contributed by atoms with Crippen LogP contribution in [0.3, 0.4) is 0 Å². The molecule has 0 aliphatic heterocycles. The highest BCUT2D eigenvalue weighted by atomic mass is 19.1. The molecule has 2 atom stereocenters. The molecule has 5 heteroatoms. The summed E-state index contributed by atoms with van der Waals surface area (Å²) in [7, 11) is 0. The van der Waals surface area contributed by atoms with Crippen molar-refractivity contribution in [3.63, 3.8) is 0 Å². The van der Waals surface area contributed by atoms with Crippen LogP contribution in [0.5, 0.6) is 0 Å².